The number of carbonyl (C=O) groups excluding carboxylic acids is 1. The topological polar surface area (TPSA) is 152 Å². The number of hydrogen-bond acceptors (Lipinski definition) is 10. The first kappa shape index (κ1) is 33.7. The van der Waals surface area contributed by atoms with E-state index in [2.05, 4.69) is 22.6 Å². The first-order valence-corrected chi connectivity index (χ1v) is 17.1. The number of benzene rings is 3. The fourth-order valence-corrected chi connectivity index (χ4v) is 10.5. The Morgan fingerprint density at radius 1 is 0.860 bits per heavy atom. The van der Waals surface area contributed by atoms with Crippen molar-refractivity contribution in [2.45, 2.75) is 55.2 Å². The van der Waals surface area contributed by atoms with Gasteiger partial charge >= 0.3 is 0 Å². The van der Waals surface area contributed by atoms with E-state index in [1.54, 1.807) is 48.5 Å². The van der Waals surface area contributed by atoms with Gasteiger partial charge in [0.15, 0.2) is 12.4 Å². The Morgan fingerprint density at radius 2 is 1.42 bits per heavy atom. The van der Waals surface area contributed by atoms with E-state index >= 15 is 4.57 Å². The highest BCUT2D eigenvalue weighted by Gasteiger charge is 2.50. The summed E-state index contributed by atoms with van der Waals surface area (Å²) in [6.45, 7) is -0.380. The zero-order valence-corrected chi connectivity index (χ0v) is 26.3. The van der Waals surface area contributed by atoms with Crippen molar-refractivity contribution in [3.05, 3.63) is 96.6 Å². The van der Waals surface area contributed by atoms with Crippen molar-refractivity contribution in [3.63, 3.8) is 0 Å². The molecule has 232 valence electrons. The number of rotatable bonds is 15. The third-order valence-electron chi connectivity index (χ3n) is 7.41. The largest absolute Gasteiger partial charge is 0.459 e. The van der Waals surface area contributed by atoms with Gasteiger partial charge in [-0.15, -0.1) is 0 Å². The van der Waals surface area contributed by atoms with Crippen LogP contribution in [0.15, 0.2) is 91.0 Å². The highest BCUT2D eigenvalue weighted by Crippen LogP contribution is 2.52. The van der Waals surface area contributed by atoms with Gasteiger partial charge in [0.25, 0.3) is 6.47 Å². The second kappa shape index (κ2) is 16.2. The first-order chi connectivity index (χ1) is 20.8. The summed E-state index contributed by atoms with van der Waals surface area (Å²) in [6.07, 6.45) is -10.2. The van der Waals surface area contributed by atoms with E-state index in [-0.39, 0.29) is 24.1 Å². The maximum Gasteiger partial charge on any atom is 0.293 e. The van der Waals surface area contributed by atoms with Crippen molar-refractivity contribution < 1.29 is 48.7 Å². The monoisotopic (exact) mass is 726 g/mol. The van der Waals surface area contributed by atoms with E-state index in [9.17, 15) is 25.2 Å². The Balaban J connectivity index is 1.77. The lowest BCUT2D eigenvalue weighted by Gasteiger charge is -2.43. The quantitative estimate of drug-likeness (QED) is 0.0790. The van der Waals surface area contributed by atoms with Gasteiger partial charge in [-0.25, -0.2) is 0 Å². The average molecular weight is 726 g/mol. The van der Waals surface area contributed by atoms with Crippen LogP contribution in [0.4, 0.5) is 0 Å². The second-order valence-corrected chi connectivity index (χ2v) is 14.0. The minimum Gasteiger partial charge on any atom is -0.459 e. The van der Waals surface area contributed by atoms with Gasteiger partial charge in [0.05, 0.1) is 25.5 Å². The van der Waals surface area contributed by atoms with Crippen LogP contribution < -0.4 is 10.6 Å². The zero-order valence-electron chi connectivity index (χ0n) is 23.2. The third kappa shape index (κ3) is 7.91. The molecule has 1 saturated heterocycles. The lowest BCUT2D eigenvalue weighted by Crippen LogP contribution is -2.61. The molecule has 0 saturated carbocycles. The zero-order chi connectivity index (χ0) is 30.8. The Morgan fingerprint density at radius 3 is 1.93 bits per heavy atom. The molecular formula is C31H36IO10P. The van der Waals surface area contributed by atoms with E-state index < -0.39 is 62.3 Å². The van der Waals surface area contributed by atoms with Gasteiger partial charge in [0.1, 0.15) is 37.7 Å². The van der Waals surface area contributed by atoms with Crippen LogP contribution in [0.1, 0.15) is 5.56 Å². The van der Waals surface area contributed by atoms with Crippen LogP contribution in [0.3, 0.4) is 0 Å². The van der Waals surface area contributed by atoms with E-state index in [1.807, 2.05) is 42.5 Å². The molecular weight excluding hydrogens is 690 g/mol. The number of alkyl halides is 1. The molecule has 3 aromatic rings. The number of halogens is 1. The molecule has 8 atom stereocenters. The maximum absolute atomic E-state index is 15.5. The fraction of sp³-hybridized carbons (Fsp3) is 0.387. The molecule has 12 heteroatoms. The summed E-state index contributed by atoms with van der Waals surface area (Å²) in [7, 11) is -3.58. The number of ether oxygens (including phenoxy) is 4. The summed E-state index contributed by atoms with van der Waals surface area (Å²) in [5.41, 5.74) is 0.0268. The fourth-order valence-electron chi connectivity index (χ4n) is 5.13. The normalized spacial score (nSPS) is 24.5. The molecule has 1 aliphatic heterocycles. The summed E-state index contributed by atoms with van der Waals surface area (Å²) in [5, 5.41) is 42.5. The van der Waals surface area contributed by atoms with Gasteiger partial charge in [0.2, 0.25) is 0 Å². The Kier molecular flexibility index (Phi) is 12.7. The smallest absolute Gasteiger partial charge is 0.293 e. The number of aliphatic hydroxyl groups is 4. The maximum atomic E-state index is 15.5. The van der Waals surface area contributed by atoms with Gasteiger partial charge in [-0.2, -0.15) is 0 Å². The standard InChI is InChI=1S/C31H36IO10P/c32-16-26(43(38,22-12-6-2-7-13-22)23-14-8-3-9-15-23)30(42-31-29(37)28(36)27(35)24(17-33)41-31)25(40-20-34)19-39-18-21-10-4-1-5-11-21/h1-15,20,24-31,33,35-37H,16-19H2/t24-,25-,26+,27+,28+,29-,30-,31+/m1/s1. The summed E-state index contributed by atoms with van der Waals surface area (Å²) in [4.78, 5) is 11.8. The van der Waals surface area contributed by atoms with Crippen LogP contribution >= 0.6 is 29.7 Å². The second-order valence-electron chi connectivity index (χ2n) is 10.1. The van der Waals surface area contributed by atoms with Crippen LogP contribution in [0.2, 0.25) is 0 Å². The highest BCUT2D eigenvalue weighted by molar-refractivity contribution is 14.1. The molecule has 0 radical (unpaired) electrons. The summed E-state index contributed by atoms with van der Waals surface area (Å²) in [5.74, 6) is 0. The Bertz CT molecular complexity index is 1260. The molecule has 0 amide bonds. The molecule has 1 fully saturated rings. The number of hydrogen-bond donors (Lipinski definition) is 4. The molecule has 0 spiro atoms. The Hall–Kier alpha value is -2.19. The van der Waals surface area contributed by atoms with Gasteiger partial charge in [-0.05, 0) is 5.56 Å². The van der Waals surface area contributed by atoms with Gasteiger partial charge in [0, 0.05) is 15.0 Å². The van der Waals surface area contributed by atoms with E-state index in [1.165, 1.54) is 0 Å². The van der Waals surface area contributed by atoms with Crippen molar-refractivity contribution in [2.75, 3.05) is 17.6 Å². The number of carbonyl (C=O) groups is 1. The predicted molar refractivity (Wildman–Crippen MR) is 168 cm³/mol. The van der Waals surface area contributed by atoms with Crippen LogP contribution in [-0.4, -0.2) is 93.1 Å². The predicted octanol–water partition coefficient (Wildman–Crippen LogP) is 1.75. The van der Waals surface area contributed by atoms with Crippen LogP contribution in [0.25, 0.3) is 0 Å². The van der Waals surface area contributed by atoms with Crippen molar-refractivity contribution in [2.24, 2.45) is 0 Å². The highest BCUT2D eigenvalue weighted by atomic mass is 127. The first-order valence-electron chi connectivity index (χ1n) is 13.8. The van der Waals surface area contributed by atoms with Crippen molar-refractivity contribution >= 4 is 46.8 Å². The van der Waals surface area contributed by atoms with Gasteiger partial charge in [-0.1, -0.05) is 114 Å². The van der Waals surface area contributed by atoms with Gasteiger partial charge < -0.3 is 43.9 Å². The summed E-state index contributed by atoms with van der Waals surface area (Å²) < 4.78 is 39.1. The molecule has 3 aromatic carbocycles. The molecule has 10 nitrogen and oxygen atoms in total. The van der Waals surface area contributed by atoms with Crippen molar-refractivity contribution in [1.82, 2.24) is 0 Å². The van der Waals surface area contributed by atoms with Crippen molar-refractivity contribution in [3.8, 4) is 0 Å². The summed E-state index contributed by atoms with van der Waals surface area (Å²) >= 11 is 2.10. The molecule has 1 aliphatic rings. The van der Waals surface area contributed by atoms with E-state index in [4.69, 9.17) is 18.9 Å². The third-order valence-corrected chi connectivity index (χ3v) is 12.6. The molecule has 0 aromatic heterocycles. The number of aliphatic hydroxyl groups excluding tert-OH is 4. The molecule has 43 heavy (non-hydrogen) atoms. The van der Waals surface area contributed by atoms with Gasteiger partial charge in [-0.3, -0.25) is 4.79 Å². The lowest BCUT2D eigenvalue weighted by molar-refractivity contribution is -0.317. The Labute approximate surface area is 264 Å². The average Bonchev–Trinajstić information content (AvgIpc) is 3.05. The lowest BCUT2D eigenvalue weighted by atomic mass is 9.99. The SMILES string of the molecule is O=CO[C@H](COCc1ccccc1)[C@@H](O[C@@H]1O[C@H](CO)[C@H](O)[C@H](O)[C@H]1O)[C@H](CI)P(=O)(c1ccccc1)c1ccccc1. The van der Waals surface area contributed by atoms with E-state index in [0.717, 1.165) is 5.56 Å². The van der Waals surface area contributed by atoms with Crippen LogP contribution in [-0.2, 0) is 34.9 Å². The van der Waals surface area contributed by atoms with E-state index in [0.29, 0.717) is 10.6 Å². The summed E-state index contributed by atoms with van der Waals surface area (Å²) in [6, 6.07) is 27.2. The van der Waals surface area contributed by atoms with Crippen LogP contribution in [0, 0.1) is 0 Å². The molecule has 0 unspecified atom stereocenters. The molecule has 4 rings (SSSR count). The minimum absolute atomic E-state index is 0.160. The molecule has 1 heterocycles. The van der Waals surface area contributed by atoms with Crippen molar-refractivity contribution in [1.29, 1.82) is 0 Å². The minimum atomic E-state index is -3.58. The molecule has 4 N–H and O–H groups in total. The molecule has 0 aliphatic carbocycles. The van der Waals surface area contributed by atoms with Crippen LogP contribution in [0.5, 0.6) is 0 Å². The molecule has 0 bridgehead atoms.